The normalized spacial score (nSPS) is 10.8. The number of rotatable bonds is 8. The van der Waals surface area contributed by atoms with Crippen LogP contribution >= 0.6 is 11.3 Å². The van der Waals surface area contributed by atoms with Gasteiger partial charge in [0.05, 0.1) is 6.20 Å². The van der Waals surface area contributed by atoms with Crippen molar-refractivity contribution < 1.29 is 9.90 Å². The highest BCUT2D eigenvalue weighted by molar-refractivity contribution is 7.17. The molecule has 2 N–H and O–H groups in total. The van der Waals surface area contributed by atoms with Crippen molar-refractivity contribution in [3.05, 3.63) is 11.1 Å². The Balaban J connectivity index is 2.24. The molecule has 1 aromatic heterocycles. The Bertz CT molecular complexity index is 350. The molecule has 0 unspecified atom stereocenters. The number of carboxylic acid groups (broad SMARTS) is 1. The number of aromatic carboxylic acids is 1. The molecule has 1 aromatic rings. The van der Waals surface area contributed by atoms with Crippen molar-refractivity contribution in [3.63, 3.8) is 0 Å². The van der Waals surface area contributed by atoms with Gasteiger partial charge in [-0.3, -0.25) is 0 Å². The van der Waals surface area contributed by atoms with E-state index in [0.29, 0.717) is 5.13 Å². The second kappa shape index (κ2) is 7.24. The summed E-state index contributed by atoms with van der Waals surface area (Å²) in [6, 6.07) is 0. The number of nitrogens with one attached hydrogen (secondary N) is 1. The molecule has 0 aliphatic heterocycles. The van der Waals surface area contributed by atoms with Gasteiger partial charge in [-0.15, -0.1) is 0 Å². The summed E-state index contributed by atoms with van der Waals surface area (Å²) in [4.78, 5) is 17.3. The van der Waals surface area contributed by atoms with Gasteiger partial charge in [0.25, 0.3) is 0 Å². The van der Waals surface area contributed by atoms with E-state index in [0.717, 1.165) is 32.6 Å². The average molecular weight is 257 g/mol. The number of carbonyl (C=O) groups is 1. The zero-order valence-corrected chi connectivity index (χ0v) is 11.1. The van der Waals surface area contributed by atoms with Crippen LogP contribution in [-0.2, 0) is 0 Å². The number of thiazole rings is 1. The predicted molar refractivity (Wildman–Crippen MR) is 70.0 cm³/mol. The molecule has 1 heterocycles. The molecule has 0 atom stereocenters. The molecule has 5 nitrogen and oxygen atoms in total. The van der Waals surface area contributed by atoms with Crippen LogP contribution in [0.2, 0.25) is 0 Å². The largest absolute Gasteiger partial charge is 0.477 e. The van der Waals surface area contributed by atoms with Crippen LogP contribution in [-0.4, -0.2) is 47.1 Å². The molecule has 0 radical (unpaired) electrons. The Morgan fingerprint density at radius 1 is 1.53 bits per heavy atom. The fraction of sp³-hybridized carbons (Fsp3) is 0.636. The first-order chi connectivity index (χ1) is 8.17. The molecule has 0 fully saturated rings. The molecule has 96 valence electrons. The van der Waals surface area contributed by atoms with E-state index < -0.39 is 5.97 Å². The Labute approximate surface area is 105 Å². The van der Waals surface area contributed by atoms with Crippen molar-refractivity contribution in [2.24, 2.45) is 0 Å². The van der Waals surface area contributed by atoms with Crippen molar-refractivity contribution in [2.45, 2.75) is 20.3 Å². The Morgan fingerprint density at radius 2 is 2.24 bits per heavy atom. The van der Waals surface area contributed by atoms with E-state index in [4.69, 9.17) is 5.11 Å². The lowest BCUT2D eigenvalue weighted by atomic mass is 10.3. The lowest BCUT2D eigenvalue weighted by molar-refractivity contribution is 0.0702. The molecule has 17 heavy (non-hydrogen) atoms. The van der Waals surface area contributed by atoms with E-state index in [-0.39, 0.29) is 4.88 Å². The second-order valence-electron chi connectivity index (χ2n) is 3.64. The number of hydrogen-bond acceptors (Lipinski definition) is 5. The number of nitrogens with zero attached hydrogens (tertiary/aromatic N) is 2. The van der Waals surface area contributed by atoms with Gasteiger partial charge in [-0.25, -0.2) is 9.78 Å². The first kappa shape index (κ1) is 13.9. The Morgan fingerprint density at radius 3 is 2.76 bits per heavy atom. The monoisotopic (exact) mass is 257 g/mol. The first-order valence-corrected chi connectivity index (χ1v) is 6.64. The summed E-state index contributed by atoms with van der Waals surface area (Å²) in [5.74, 6) is -0.918. The van der Waals surface area contributed by atoms with E-state index in [1.165, 1.54) is 17.5 Å². The molecular weight excluding hydrogens is 238 g/mol. The van der Waals surface area contributed by atoms with E-state index in [2.05, 4.69) is 29.0 Å². The van der Waals surface area contributed by atoms with Crippen LogP contribution in [0.5, 0.6) is 0 Å². The second-order valence-corrected chi connectivity index (χ2v) is 4.67. The lowest BCUT2D eigenvalue weighted by Gasteiger charge is -2.17. The fourth-order valence-electron chi connectivity index (χ4n) is 1.49. The molecule has 0 saturated carbocycles. The van der Waals surface area contributed by atoms with E-state index >= 15 is 0 Å². The predicted octanol–water partition coefficient (Wildman–Crippen LogP) is 1.99. The third kappa shape index (κ3) is 4.70. The zero-order valence-electron chi connectivity index (χ0n) is 10.3. The third-order valence-electron chi connectivity index (χ3n) is 2.54. The van der Waals surface area contributed by atoms with Gasteiger partial charge in [-0.2, -0.15) is 0 Å². The lowest BCUT2D eigenvalue weighted by Crippen LogP contribution is -2.25. The number of carboxylic acids is 1. The van der Waals surface area contributed by atoms with Crippen LogP contribution < -0.4 is 5.32 Å². The maximum Gasteiger partial charge on any atom is 0.347 e. The van der Waals surface area contributed by atoms with Gasteiger partial charge in [-0.1, -0.05) is 25.2 Å². The number of anilines is 1. The van der Waals surface area contributed by atoms with E-state index in [9.17, 15) is 4.79 Å². The molecule has 0 aliphatic carbocycles. The quantitative estimate of drug-likeness (QED) is 0.697. The van der Waals surface area contributed by atoms with Crippen molar-refractivity contribution in [1.29, 1.82) is 0 Å². The average Bonchev–Trinajstić information content (AvgIpc) is 2.78. The molecule has 0 spiro atoms. The van der Waals surface area contributed by atoms with Gasteiger partial charge < -0.3 is 15.3 Å². The van der Waals surface area contributed by atoms with Gasteiger partial charge in [0.15, 0.2) is 5.13 Å². The highest BCUT2D eigenvalue weighted by atomic mass is 32.1. The van der Waals surface area contributed by atoms with Gasteiger partial charge in [0, 0.05) is 6.54 Å². The summed E-state index contributed by atoms with van der Waals surface area (Å²) in [6.07, 6.45) is 2.42. The summed E-state index contributed by atoms with van der Waals surface area (Å²) >= 11 is 1.18. The molecule has 0 aliphatic rings. The number of hydrogen-bond donors (Lipinski definition) is 2. The standard InChI is InChI=1S/C11H19N3O2S/c1-3-14(4-2)7-5-6-12-11-13-8-9(17-11)10(15)16/h8H,3-7H2,1-2H3,(H,12,13)(H,15,16). The summed E-state index contributed by atoms with van der Waals surface area (Å²) in [6.45, 7) is 8.31. The van der Waals surface area contributed by atoms with Crippen LogP contribution in [0.4, 0.5) is 5.13 Å². The summed E-state index contributed by atoms with van der Waals surface area (Å²) in [5.41, 5.74) is 0. The Hall–Kier alpha value is -1.14. The molecule has 0 amide bonds. The molecule has 0 saturated heterocycles. The molecule has 6 heteroatoms. The van der Waals surface area contributed by atoms with Gasteiger partial charge in [0.1, 0.15) is 4.88 Å². The van der Waals surface area contributed by atoms with Crippen LogP contribution in [0.1, 0.15) is 29.9 Å². The van der Waals surface area contributed by atoms with Gasteiger partial charge in [0.2, 0.25) is 0 Å². The van der Waals surface area contributed by atoms with Crippen LogP contribution in [0.15, 0.2) is 6.20 Å². The summed E-state index contributed by atoms with van der Waals surface area (Å²) < 4.78 is 0. The fourth-order valence-corrected chi connectivity index (χ4v) is 2.17. The van der Waals surface area contributed by atoms with E-state index in [1.807, 2.05) is 0 Å². The zero-order chi connectivity index (χ0) is 12.7. The van der Waals surface area contributed by atoms with Crippen molar-refractivity contribution in [1.82, 2.24) is 9.88 Å². The smallest absolute Gasteiger partial charge is 0.347 e. The minimum Gasteiger partial charge on any atom is -0.477 e. The maximum absolute atomic E-state index is 10.6. The minimum atomic E-state index is -0.918. The third-order valence-corrected chi connectivity index (χ3v) is 3.48. The maximum atomic E-state index is 10.6. The SMILES string of the molecule is CCN(CC)CCCNc1ncc(C(=O)O)s1. The number of aromatic nitrogens is 1. The highest BCUT2D eigenvalue weighted by Gasteiger charge is 2.07. The van der Waals surface area contributed by atoms with Crippen LogP contribution in [0.3, 0.4) is 0 Å². The molecular formula is C11H19N3O2S. The first-order valence-electron chi connectivity index (χ1n) is 5.82. The molecule has 0 bridgehead atoms. The van der Waals surface area contributed by atoms with Crippen molar-refractivity contribution >= 4 is 22.4 Å². The van der Waals surface area contributed by atoms with Gasteiger partial charge >= 0.3 is 5.97 Å². The molecule has 1 rings (SSSR count). The van der Waals surface area contributed by atoms with E-state index in [1.54, 1.807) is 0 Å². The van der Waals surface area contributed by atoms with Crippen LogP contribution in [0, 0.1) is 0 Å². The van der Waals surface area contributed by atoms with Crippen molar-refractivity contribution in [2.75, 3.05) is 31.5 Å². The summed E-state index contributed by atoms with van der Waals surface area (Å²) in [7, 11) is 0. The summed E-state index contributed by atoms with van der Waals surface area (Å²) in [5, 5.41) is 12.6. The van der Waals surface area contributed by atoms with Crippen LogP contribution in [0.25, 0.3) is 0 Å². The Kier molecular flexibility index (Phi) is 5.93. The van der Waals surface area contributed by atoms with Gasteiger partial charge in [-0.05, 0) is 26.1 Å². The minimum absolute atomic E-state index is 0.274. The topological polar surface area (TPSA) is 65.5 Å². The molecule has 0 aromatic carbocycles. The van der Waals surface area contributed by atoms with Crippen molar-refractivity contribution in [3.8, 4) is 0 Å². The highest BCUT2D eigenvalue weighted by Crippen LogP contribution is 2.17.